The summed E-state index contributed by atoms with van der Waals surface area (Å²) in [6.45, 7) is 2.84. The van der Waals surface area contributed by atoms with Gasteiger partial charge in [0.25, 0.3) is 0 Å². The van der Waals surface area contributed by atoms with Crippen LogP contribution in [0.4, 0.5) is 4.39 Å². The van der Waals surface area contributed by atoms with Gasteiger partial charge in [0, 0.05) is 17.8 Å². The van der Waals surface area contributed by atoms with Crippen LogP contribution >= 0.6 is 0 Å². The van der Waals surface area contributed by atoms with Gasteiger partial charge in [-0.05, 0) is 25.1 Å². The van der Waals surface area contributed by atoms with Crippen LogP contribution in [-0.2, 0) is 0 Å². The predicted octanol–water partition coefficient (Wildman–Crippen LogP) is 2.71. The van der Waals surface area contributed by atoms with Gasteiger partial charge >= 0.3 is 0 Å². The fraction of sp³-hybridized carbons (Fsp3) is 0.333. The SMILES string of the molecule is CCCNC(c1ccncn1)c1ccc(OC)cc1F. The number of rotatable bonds is 6. The number of halogens is 1. The Bertz CT molecular complexity index is 548. The normalized spacial score (nSPS) is 12.2. The molecule has 0 radical (unpaired) electrons. The second kappa shape index (κ2) is 6.96. The maximum Gasteiger partial charge on any atom is 0.132 e. The van der Waals surface area contributed by atoms with E-state index in [-0.39, 0.29) is 11.9 Å². The van der Waals surface area contributed by atoms with Gasteiger partial charge in [-0.2, -0.15) is 0 Å². The van der Waals surface area contributed by atoms with Gasteiger partial charge in [0.05, 0.1) is 18.8 Å². The molecule has 0 aliphatic heterocycles. The molecule has 1 aromatic heterocycles. The number of methoxy groups -OCH3 is 1. The Hall–Kier alpha value is -2.01. The van der Waals surface area contributed by atoms with Gasteiger partial charge in [-0.3, -0.25) is 0 Å². The number of ether oxygens (including phenoxy) is 1. The fourth-order valence-corrected chi connectivity index (χ4v) is 2.00. The zero-order valence-corrected chi connectivity index (χ0v) is 11.6. The van der Waals surface area contributed by atoms with Crippen LogP contribution in [0.25, 0.3) is 0 Å². The molecule has 20 heavy (non-hydrogen) atoms. The molecule has 1 heterocycles. The summed E-state index contributed by atoms with van der Waals surface area (Å²) in [4.78, 5) is 8.12. The van der Waals surface area contributed by atoms with Crippen molar-refractivity contribution in [3.05, 3.63) is 53.9 Å². The summed E-state index contributed by atoms with van der Waals surface area (Å²) in [6, 6.07) is 6.36. The van der Waals surface area contributed by atoms with E-state index in [0.29, 0.717) is 11.3 Å². The number of benzene rings is 1. The Kier molecular flexibility index (Phi) is 5.01. The van der Waals surface area contributed by atoms with Gasteiger partial charge in [0.1, 0.15) is 17.9 Å². The molecular formula is C15H18FN3O. The number of aromatic nitrogens is 2. The second-order valence-electron chi connectivity index (χ2n) is 4.41. The van der Waals surface area contributed by atoms with Crippen LogP contribution in [0.15, 0.2) is 36.8 Å². The van der Waals surface area contributed by atoms with Crippen LogP contribution < -0.4 is 10.1 Å². The highest BCUT2D eigenvalue weighted by Crippen LogP contribution is 2.25. The summed E-state index contributed by atoms with van der Waals surface area (Å²) in [5.74, 6) is 0.194. The molecule has 1 aromatic carbocycles. The van der Waals surface area contributed by atoms with Gasteiger partial charge in [-0.25, -0.2) is 14.4 Å². The van der Waals surface area contributed by atoms with Crippen molar-refractivity contribution in [3.8, 4) is 5.75 Å². The first-order valence-corrected chi connectivity index (χ1v) is 6.59. The maximum absolute atomic E-state index is 14.2. The fourth-order valence-electron chi connectivity index (χ4n) is 2.00. The van der Waals surface area contributed by atoms with E-state index in [1.54, 1.807) is 24.4 Å². The van der Waals surface area contributed by atoms with Gasteiger partial charge in [0.2, 0.25) is 0 Å². The summed E-state index contributed by atoms with van der Waals surface area (Å²) in [5, 5.41) is 3.31. The highest BCUT2D eigenvalue weighted by atomic mass is 19.1. The Morgan fingerprint density at radius 2 is 2.20 bits per heavy atom. The number of hydrogen-bond donors (Lipinski definition) is 1. The minimum atomic E-state index is -0.309. The molecule has 5 heteroatoms. The molecule has 0 amide bonds. The van der Waals surface area contributed by atoms with Crippen LogP contribution in [0.1, 0.15) is 30.6 Å². The van der Waals surface area contributed by atoms with Crippen LogP contribution in [0.5, 0.6) is 5.75 Å². The molecule has 1 unspecified atom stereocenters. The number of nitrogens with one attached hydrogen (secondary N) is 1. The third-order valence-corrected chi connectivity index (χ3v) is 3.02. The molecule has 0 aliphatic carbocycles. The van der Waals surface area contributed by atoms with E-state index in [1.165, 1.54) is 19.5 Å². The Labute approximate surface area is 118 Å². The van der Waals surface area contributed by atoms with Crippen LogP contribution in [0.2, 0.25) is 0 Å². The average Bonchev–Trinajstić information content (AvgIpc) is 2.50. The Balaban J connectivity index is 2.36. The lowest BCUT2D eigenvalue weighted by atomic mass is 10.0. The lowest BCUT2D eigenvalue weighted by Gasteiger charge is -2.19. The molecule has 1 N–H and O–H groups in total. The smallest absolute Gasteiger partial charge is 0.132 e. The number of nitrogens with zero attached hydrogens (tertiary/aromatic N) is 2. The van der Waals surface area contributed by atoms with E-state index in [4.69, 9.17) is 4.74 Å². The standard InChI is InChI=1S/C15H18FN3O/c1-3-7-18-15(14-6-8-17-10-19-14)12-5-4-11(20-2)9-13(12)16/h4-6,8-10,15,18H,3,7H2,1-2H3. The van der Waals surface area contributed by atoms with Crippen molar-refractivity contribution in [2.75, 3.05) is 13.7 Å². The van der Waals surface area contributed by atoms with E-state index >= 15 is 0 Å². The Morgan fingerprint density at radius 1 is 1.35 bits per heavy atom. The average molecular weight is 275 g/mol. The van der Waals surface area contributed by atoms with E-state index in [0.717, 1.165) is 18.7 Å². The first-order chi connectivity index (χ1) is 9.76. The quantitative estimate of drug-likeness (QED) is 0.880. The highest BCUT2D eigenvalue weighted by Gasteiger charge is 2.18. The molecule has 0 saturated heterocycles. The molecule has 0 spiro atoms. The first-order valence-electron chi connectivity index (χ1n) is 6.59. The zero-order valence-electron chi connectivity index (χ0n) is 11.6. The van der Waals surface area contributed by atoms with Crippen molar-refractivity contribution < 1.29 is 9.13 Å². The molecule has 2 rings (SSSR count). The van der Waals surface area contributed by atoms with Crippen LogP contribution in [-0.4, -0.2) is 23.6 Å². The van der Waals surface area contributed by atoms with Crippen LogP contribution in [0, 0.1) is 5.82 Å². The highest BCUT2D eigenvalue weighted by molar-refractivity contribution is 5.34. The van der Waals surface area contributed by atoms with Gasteiger partial charge < -0.3 is 10.1 Å². The summed E-state index contributed by atoms with van der Waals surface area (Å²) in [7, 11) is 1.52. The van der Waals surface area contributed by atoms with E-state index < -0.39 is 0 Å². The van der Waals surface area contributed by atoms with Gasteiger partial charge in [-0.1, -0.05) is 13.0 Å². The lowest BCUT2D eigenvalue weighted by Crippen LogP contribution is -2.25. The summed E-state index contributed by atoms with van der Waals surface area (Å²) in [5.41, 5.74) is 1.30. The topological polar surface area (TPSA) is 47.0 Å². The van der Waals surface area contributed by atoms with E-state index in [9.17, 15) is 4.39 Å². The molecule has 2 aromatic rings. The minimum absolute atomic E-state index is 0.288. The largest absolute Gasteiger partial charge is 0.497 e. The lowest BCUT2D eigenvalue weighted by molar-refractivity contribution is 0.409. The predicted molar refractivity (Wildman–Crippen MR) is 75.1 cm³/mol. The van der Waals surface area contributed by atoms with Crippen molar-refractivity contribution in [2.24, 2.45) is 0 Å². The minimum Gasteiger partial charge on any atom is -0.497 e. The zero-order chi connectivity index (χ0) is 14.4. The van der Waals surface area contributed by atoms with E-state index in [1.807, 2.05) is 0 Å². The molecule has 0 bridgehead atoms. The van der Waals surface area contributed by atoms with Crippen molar-refractivity contribution in [3.63, 3.8) is 0 Å². The molecule has 0 saturated carbocycles. The van der Waals surface area contributed by atoms with Crippen molar-refractivity contribution in [2.45, 2.75) is 19.4 Å². The Morgan fingerprint density at radius 3 is 2.80 bits per heavy atom. The molecular weight excluding hydrogens is 257 g/mol. The van der Waals surface area contributed by atoms with Crippen LogP contribution in [0.3, 0.4) is 0 Å². The molecule has 0 fully saturated rings. The summed E-state index contributed by atoms with van der Waals surface area (Å²) < 4.78 is 19.3. The third-order valence-electron chi connectivity index (χ3n) is 3.02. The molecule has 0 aliphatic rings. The van der Waals surface area contributed by atoms with Crippen molar-refractivity contribution >= 4 is 0 Å². The first kappa shape index (κ1) is 14.4. The third kappa shape index (κ3) is 3.30. The molecule has 4 nitrogen and oxygen atoms in total. The monoisotopic (exact) mass is 275 g/mol. The van der Waals surface area contributed by atoms with Crippen molar-refractivity contribution in [1.82, 2.24) is 15.3 Å². The molecule has 106 valence electrons. The van der Waals surface area contributed by atoms with Gasteiger partial charge in [0.15, 0.2) is 0 Å². The maximum atomic E-state index is 14.2. The molecule has 1 atom stereocenters. The second-order valence-corrected chi connectivity index (χ2v) is 4.41. The summed E-state index contributed by atoms with van der Waals surface area (Å²) in [6.07, 6.45) is 4.08. The van der Waals surface area contributed by atoms with E-state index in [2.05, 4.69) is 22.2 Å². The summed E-state index contributed by atoms with van der Waals surface area (Å²) >= 11 is 0. The number of hydrogen-bond acceptors (Lipinski definition) is 4. The van der Waals surface area contributed by atoms with Crippen molar-refractivity contribution in [1.29, 1.82) is 0 Å². The van der Waals surface area contributed by atoms with Gasteiger partial charge in [-0.15, -0.1) is 0 Å².